The Morgan fingerprint density at radius 3 is 2.38 bits per heavy atom. The maximum atomic E-state index is 12.7. The number of aromatic nitrogens is 1. The van der Waals surface area contributed by atoms with Gasteiger partial charge >= 0.3 is 0 Å². The van der Waals surface area contributed by atoms with Crippen molar-refractivity contribution in [3.8, 4) is 0 Å². The fourth-order valence-electron chi connectivity index (χ4n) is 3.11. The van der Waals surface area contributed by atoms with Gasteiger partial charge in [-0.15, -0.1) is 0 Å². The van der Waals surface area contributed by atoms with Crippen LogP contribution in [0, 0.1) is 0 Å². The Morgan fingerprint density at radius 2 is 1.71 bits per heavy atom. The highest BCUT2D eigenvalue weighted by Crippen LogP contribution is 2.15. The zero-order valence-corrected chi connectivity index (χ0v) is 14.1. The monoisotopic (exact) mass is 332 g/mol. The van der Waals surface area contributed by atoms with Crippen LogP contribution in [-0.2, 0) is 9.53 Å². The summed E-state index contributed by atoms with van der Waals surface area (Å²) in [7, 11) is 0. The first-order chi connectivity index (χ1) is 11.6. The Kier molecular flexibility index (Phi) is 5.30. The number of nitrogens with zero attached hydrogens (tertiary/aromatic N) is 4. The van der Waals surface area contributed by atoms with E-state index in [4.69, 9.17) is 4.74 Å². The van der Waals surface area contributed by atoms with Crippen LogP contribution in [0.1, 0.15) is 23.7 Å². The normalized spacial score (nSPS) is 19.1. The molecule has 7 heteroatoms. The summed E-state index contributed by atoms with van der Waals surface area (Å²) in [4.78, 5) is 34.4. The van der Waals surface area contributed by atoms with Crippen LogP contribution in [0.4, 0.5) is 5.82 Å². The molecule has 0 aliphatic carbocycles. The molecule has 2 aliphatic heterocycles. The molecule has 3 rings (SSSR count). The molecule has 7 nitrogen and oxygen atoms in total. The summed E-state index contributed by atoms with van der Waals surface area (Å²) in [5, 5.41) is 0. The summed E-state index contributed by atoms with van der Waals surface area (Å²) >= 11 is 0. The summed E-state index contributed by atoms with van der Waals surface area (Å²) in [6, 6.07) is 3.74. The SMILES string of the molecule is CC(=O)N1CCCN(C(=O)c2ccc(N3CCOCC3)nc2)CC1. The minimum Gasteiger partial charge on any atom is -0.378 e. The van der Waals surface area contributed by atoms with Gasteiger partial charge in [0.05, 0.1) is 18.8 Å². The zero-order chi connectivity index (χ0) is 16.9. The van der Waals surface area contributed by atoms with Crippen LogP contribution in [-0.4, -0.2) is 79.1 Å². The summed E-state index contributed by atoms with van der Waals surface area (Å²) < 4.78 is 5.34. The predicted molar refractivity (Wildman–Crippen MR) is 90.0 cm³/mol. The lowest BCUT2D eigenvalue weighted by molar-refractivity contribution is -0.128. The van der Waals surface area contributed by atoms with Gasteiger partial charge in [-0.25, -0.2) is 4.98 Å². The number of amides is 2. The number of carbonyl (C=O) groups is 2. The van der Waals surface area contributed by atoms with E-state index in [0.29, 0.717) is 45.0 Å². The second-order valence-corrected chi connectivity index (χ2v) is 6.16. The third-order valence-corrected chi connectivity index (χ3v) is 4.56. The maximum absolute atomic E-state index is 12.7. The molecular formula is C17H24N4O3. The molecule has 0 spiro atoms. The molecule has 130 valence electrons. The summed E-state index contributed by atoms with van der Waals surface area (Å²) in [6.45, 7) is 7.21. The molecule has 2 fully saturated rings. The van der Waals surface area contributed by atoms with Crippen molar-refractivity contribution in [2.24, 2.45) is 0 Å². The number of morpholine rings is 1. The van der Waals surface area contributed by atoms with E-state index >= 15 is 0 Å². The molecule has 3 heterocycles. The van der Waals surface area contributed by atoms with Crippen molar-refractivity contribution in [1.82, 2.24) is 14.8 Å². The van der Waals surface area contributed by atoms with E-state index in [1.54, 1.807) is 18.0 Å². The topological polar surface area (TPSA) is 66.0 Å². The van der Waals surface area contributed by atoms with Crippen molar-refractivity contribution in [3.63, 3.8) is 0 Å². The van der Waals surface area contributed by atoms with Gasteiger partial charge in [-0.3, -0.25) is 9.59 Å². The van der Waals surface area contributed by atoms with Crippen molar-refractivity contribution in [1.29, 1.82) is 0 Å². The quantitative estimate of drug-likeness (QED) is 0.794. The lowest BCUT2D eigenvalue weighted by atomic mass is 10.2. The van der Waals surface area contributed by atoms with Gasteiger partial charge in [0.15, 0.2) is 0 Å². The smallest absolute Gasteiger partial charge is 0.255 e. The first-order valence-corrected chi connectivity index (χ1v) is 8.48. The third kappa shape index (κ3) is 3.84. The van der Waals surface area contributed by atoms with Gasteiger partial charge in [-0.2, -0.15) is 0 Å². The molecule has 1 aromatic heterocycles. The van der Waals surface area contributed by atoms with Crippen LogP contribution < -0.4 is 4.90 Å². The average molecular weight is 332 g/mol. The molecule has 2 saturated heterocycles. The molecule has 0 radical (unpaired) electrons. The van der Waals surface area contributed by atoms with Gasteiger partial charge in [0.25, 0.3) is 5.91 Å². The van der Waals surface area contributed by atoms with Crippen LogP contribution in [0.3, 0.4) is 0 Å². The van der Waals surface area contributed by atoms with Gasteiger partial charge in [-0.1, -0.05) is 0 Å². The van der Waals surface area contributed by atoms with Gasteiger partial charge in [0, 0.05) is 52.4 Å². The number of pyridine rings is 1. The van der Waals surface area contributed by atoms with Gasteiger partial charge in [-0.05, 0) is 18.6 Å². The number of ether oxygens (including phenoxy) is 1. The van der Waals surface area contributed by atoms with Gasteiger partial charge in [0.2, 0.25) is 5.91 Å². The number of anilines is 1. The number of rotatable bonds is 2. The Morgan fingerprint density at radius 1 is 1.00 bits per heavy atom. The van der Waals surface area contributed by atoms with Gasteiger partial charge in [0.1, 0.15) is 5.82 Å². The van der Waals surface area contributed by atoms with Crippen LogP contribution in [0.2, 0.25) is 0 Å². The Balaban J connectivity index is 1.63. The molecular weight excluding hydrogens is 308 g/mol. The van der Waals surface area contributed by atoms with E-state index in [2.05, 4.69) is 9.88 Å². The highest BCUT2D eigenvalue weighted by atomic mass is 16.5. The average Bonchev–Trinajstić information content (AvgIpc) is 2.88. The highest BCUT2D eigenvalue weighted by molar-refractivity contribution is 5.94. The van der Waals surface area contributed by atoms with Crippen LogP contribution in [0.5, 0.6) is 0 Å². The van der Waals surface area contributed by atoms with E-state index in [1.807, 2.05) is 17.0 Å². The van der Waals surface area contributed by atoms with Crippen molar-refractivity contribution in [2.75, 3.05) is 57.4 Å². The lowest BCUT2D eigenvalue weighted by Gasteiger charge is -2.28. The molecule has 0 N–H and O–H groups in total. The van der Waals surface area contributed by atoms with E-state index in [-0.39, 0.29) is 11.8 Å². The maximum Gasteiger partial charge on any atom is 0.255 e. The molecule has 0 bridgehead atoms. The molecule has 0 saturated carbocycles. The van der Waals surface area contributed by atoms with Gasteiger partial charge < -0.3 is 19.4 Å². The molecule has 0 unspecified atom stereocenters. The fourth-order valence-corrected chi connectivity index (χ4v) is 3.11. The number of hydrogen-bond donors (Lipinski definition) is 0. The Labute approximate surface area is 142 Å². The number of hydrogen-bond acceptors (Lipinski definition) is 5. The molecule has 0 atom stereocenters. The van der Waals surface area contributed by atoms with Crippen LogP contribution in [0.15, 0.2) is 18.3 Å². The van der Waals surface area contributed by atoms with Crippen molar-refractivity contribution in [3.05, 3.63) is 23.9 Å². The van der Waals surface area contributed by atoms with E-state index in [0.717, 1.165) is 25.3 Å². The fraction of sp³-hybridized carbons (Fsp3) is 0.588. The standard InChI is InChI=1S/C17H24N4O3/c1-14(22)19-5-2-6-21(8-7-19)17(23)15-3-4-16(18-13-15)20-9-11-24-12-10-20/h3-4,13H,2,5-12H2,1H3. The molecule has 0 aromatic carbocycles. The third-order valence-electron chi connectivity index (χ3n) is 4.56. The second-order valence-electron chi connectivity index (χ2n) is 6.16. The van der Waals surface area contributed by atoms with Crippen LogP contribution >= 0.6 is 0 Å². The summed E-state index contributed by atoms with van der Waals surface area (Å²) in [5.41, 5.74) is 0.600. The van der Waals surface area contributed by atoms with E-state index in [9.17, 15) is 9.59 Å². The first-order valence-electron chi connectivity index (χ1n) is 8.48. The summed E-state index contributed by atoms with van der Waals surface area (Å²) in [5.74, 6) is 0.940. The highest BCUT2D eigenvalue weighted by Gasteiger charge is 2.22. The first kappa shape index (κ1) is 16.7. The second kappa shape index (κ2) is 7.61. The molecule has 24 heavy (non-hydrogen) atoms. The molecule has 1 aromatic rings. The van der Waals surface area contributed by atoms with Crippen molar-refractivity contribution in [2.45, 2.75) is 13.3 Å². The predicted octanol–water partition coefficient (Wildman–Crippen LogP) is 0.613. The summed E-state index contributed by atoms with van der Waals surface area (Å²) in [6.07, 6.45) is 2.46. The van der Waals surface area contributed by atoms with E-state index in [1.165, 1.54) is 0 Å². The number of carbonyl (C=O) groups excluding carboxylic acids is 2. The van der Waals surface area contributed by atoms with E-state index < -0.39 is 0 Å². The lowest BCUT2D eigenvalue weighted by Crippen LogP contribution is -2.37. The molecule has 2 amide bonds. The zero-order valence-electron chi connectivity index (χ0n) is 14.1. The van der Waals surface area contributed by atoms with Crippen molar-refractivity contribution >= 4 is 17.6 Å². The molecule has 2 aliphatic rings. The Hall–Kier alpha value is -2.15. The minimum atomic E-state index is -0.0126. The Bertz CT molecular complexity index is 584. The largest absolute Gasteiger partial charge is 0.378 e. The minimum absolute atomic E-state index is 0.0126. The van der Waals surface area contributed by atoms with Crippen LogP contribution in [0.25, 0.3) is 0 Å². The van der Waals surface area contributed by atoms with Crippen molar-refractivity contribution < 1.29 is 14.3 Å².